The van der Waals surface area contributed by atoms with Gasteiger partial charge in [-0.3, -0.25) is 9.78 Å². The topological polar surface area (TPSA) is 55.3 Å². The molecule has 0 N–H and O–H groups in total. The second-order valence-electron chi connectivity index (χ2n) is 3.65. The molecule has 1 aromatic carbocycles. The van der Waals surface area contributed by atoms with Crippen LogP contribution in [-0.4, -0.2) is 36.6 Å². The fourth-order valence-corrected chi connectivity index (χ4v) is 1.47. The number of nitrogens with zero attached hydrogens (tertiary/aromatic N) is 3. The molecule has 0 spiro atoms. The van der Waals surface area contributed by atoms with E-state index in [1.165, 1.54) is 7.11 Å². The van der Waals surface area contributed by atoms with Crippen molar-refractivity contribution in [2.45, 2.75) is 0 Å². The highest BCUT2D eigenvalue weighted by Crippen LogP contribution is 2.13. The monoisotopic (exact) mass is 231 g/mol. The summed E-state index contributed by atoms with van der Waals surface area (Å²) in [4.78, 5) is 21.5. The molecule has 2 rings (SSSR count). The Bertz CT molecular complexity index is 542. The molecule has 0 fully saturated rings. The first-order valence-electron chi connectivity index (χ1n) is 5.20. The van der Waals surface area contributed by atoms with Gasteiger partial charge in [0.2, 0.25) is 0 Å². The van der Waals surface area contributed by atoms with E-state index in [0.29, 0.717) is 5.82 Å². The lowest BCUT2D eigenvalue weighted by Gasteiger charge is -2.16. The maximum Gasteiger partial charge on any atom is 0.325 e. The van der Waals surface area contributed by atoms with Gasteiger partial charge < -0.3 is 9.64 Å². The molecule has 5 heteroatoms. The molecule has 17 heavy (non-hydrogen) atoms. The molecule has 5 nitrogen and oxygen atoms in total. The fraction of sp³-hybridized carbons (Fsp3) is 0.250. The predicted molar refractivity (Wildman–Crippen MR) is 64.8 cm³/mol. The minimum Gasteiger partial charge on any atom is -0.468 e. The van der Waals surface area contributed by atoms with Gasteiger partial charge in [0.25, 0.3) is 0 Å². The van der Waals surface area contributed by atoms with Crippen LogP contribution in [0.2, 0.25) is 0 Å². The van der Waals surface area contributed by atoms with E-state index < -0.39 is 0 Å². The van der Waals surface area contributed by atoms with Gasteiger partial charge in [0.15, 0.2) is 0 Å². The Morgan fingerprint density at radius 1 is 1.35 bits per heavy atom. The first kappa shape index (κ1) is 11.3. The molecule has 0 amide bonds. The highest BCUT2D eigenvalue weighted by atomic mass is 16.5. The van der Waals surface area contributed by atoms with E-state index in [0.717, 1.165) is 11.0 Å². The zero-order chi connectivity index (χ0) is 12.3. The standard InChI is InChI=1S/C12H13N3O2/c1-15(8-12(16)17-2)11-7-13-9-5-3-4-6-10(9)14-11/h3-7H,8H2,1-2H3. The number of hydrogen-bond donors (Lipinski definition) is 0. The summed E-state index contributed by atoms with van der Waals surface area (Å²) in [6, 6.07) is 7.60. The molecule has 0 radical (unpaired) electrons. The molecular weight excluding hydrogens is 218 g/mol. The number of benzene rings is 1. The first-order valence-corrected chi connectivity index (χ1v) is 5.20. The Morgan fingerprint density at radius 3 is 2.76 bits per heavy atom. The van der Waals surface area contributed by atoms with E-state index in [9.17, 15) is 4.79 Å². The first-order chi connectivity index (χ1) is 8.20. The highest BCUT2D eigenvalue weighted by Gasteiger charge is 2.09. The number of anilines is 1. The van der Waals surface area contributed by atoms with Gasteiger partial charge in [-0.2, -0.15) is 0 Å². The van der Waals surface area contributed by atoms with Crippen molar-refractivity contribution in [1.82, 2.24) is 9.97 Å². The molecule has 1 heterocycles. The second kappa shape index (κ2) is 4.78. The number of carbonyl (C=O) groups excluding carboxylic acids is 1. The quantitative estimate of drug-likeness (QED) is 0.744. The van der Waals surface area contributed by atoms with Gasteiger partial charge in [-0.15, -0.1) is 0 Å². The predicted octanol–water partition coefficient (Wildman–Crippen LogP) is 1.24. The van der Waals surface area contributed by atoms with Crippen molar-refractivity contribution >= 4 is 22.8 Å². The number of aromatic nitrogens is 2. The van der Waals surface area contributed by atoms with Crippen LogP contribution in [0.15, 0.2) is 30.5 Å². The van der Waals surface area contributed by atoms with Crippen LogP contribution in [0.5, 0.6) is 0 Å². The third-order valence-electron chi connectivity index (χ3n) is 2.42. The van der Waals surface area contributed by atoms with E-state index in [1.807, 2.05) is 24.3 Å². The second-order valence-corrected chi connectivity index (χ2v) is 3.65. The van der Waals surface area contributed by atoms with Gasteiger partial charge >= 0.3 is 5.97 Å². The van der Waals surface area contributed by atoms with Crippen LogP contribution in [0.1, 0.15) is 0 Å². The average molecular weight is 231 g/mol. The van der Waals surface area contributed by atoms with E-state index in [2.05, 4.69) is 14.7 Å². The van der Waals surface area contributed by atoms with E-state index in [-0.39, 0.29) is 12.5 Å². The van der Waals surface area contributed by atoms with Gasteiger partial charge in [0, 0.05) is 7.05 Å². The molecule has 0 aliphatic carbocycles. The molecule has 1 aromatic heterocycles. The van der Waals surface area contributed by atoms with Crippen LogP contribution in [-0.2, 0) is 9.53 Å². The summed E-state index contributed by atoms with van der Waals surface area (Å²) in [7, 11) is 3.14. The number of carbonyl (C=O) groups is 1. The molecule has 0 aliphatic heterocycles. The van der Waals surface area contributed by atoms with Gasteiger partial charge in [-0.25, -0.2) is 4.98 Å². The van der Waals surface area contributed by atoms with Gasteiger partial charge in [0.05, 0.1) is 24.3 Å². The molecule has 0 saturated heterocycles. The van der Waals surface area contributed by atoms with Gasteiger partial charge in [-0.05, 0) is 12.1 Å². The van der Waals surface area contributed by atoms with E-state index in [1.54, 1.807) is 18.1 Å². The van der Waals surface area contributed by atoms with Crippen LogP contribution >= 0.6 is 0 Å². The largest absolute Gasteiger partial charge is 0.468 e. The smallest absolute Gasteiger partial charge is 0.325 e. The molecule has 0 saturated carbocycles. The fourth-order valence-electron chi connectivity index (χ4n) is 1.47. The summed E-state index contributed by atoms with van der Waals surface area (Å²) in [5.41, 5.74) is 1.64. The zero-order valence-corrected chi connectivity index (χ0v) is 9.75. The van der Waals surface area contributed by atoms with E-state index in [4.69, 9.17) is 0 Å². The Labute approximate surface area is 99.0 Å². The van der Waals surface area contributed by atoms with Crippen LogP contribution in [0.25, 0.3) is 11.0 Å². The highest BCUT2D eigenvalue weighted by molar-refractivity contribution is 5.77. The van der Waals surface area contributed by atoms with Crippen molar-refractivity contribution < 1.29 is 9.53 Å². The Balaban J connectivity index is 2.26. The Kier molecular flexibility index (Phi) is 3.18. The maximum absolute atomic E-state index is 11.1. The van der Waals surface area contributed by atoms with Crippen molar-refractivity contribution in [2.75, 3.05) is 25.6 Å². The van der Waals surface area contributed by atoms with Gasteiger partial charge in [-0.1, -0.05) is 12.1 Å². The number of ether oxygens (including phenoxy) is 1. The third kappa shape index (κ3) is 2.50. The lowest BCUT2D eigenvalue weighted by Crippen LogP contribution is -2.27. The number of hydrogen-bond acceptors (Lipinski definition) is 5. The molecule has 0 aliphatic rings. The minimum absolute atomic E-state index is 0.156. The molecule has 0 atom stereocenters. The lowest BCUT2D eigenvalue weighted by atomic mass is 10.3. The van der Waals surface area contributed by atoms with Crippen molar-refractivity contribution in [3.05, 3.63) is 30.5 Å². The van der Waals surface area contributed by atoms with Crippen molar-refractivity contribution in [3.8, 4) is 0 Å². The summed E-state index contributed by atoms with van der Waals surface area (Å²) >= 11 is 0. The molecule has 2 aromatic rings. The lowest BCUT2D eigenvalue weighted by molar-refractivity contribution is -0.138. The normalized spacial score (nSPS) is 10.2. The molecule has 0 unspecified atom stereocenters. The number of rotatable bonds is 3. The number of likely N-dealkylation sites (N-methyl/N-ethyl adjacent to an activating group) is 1. The van der Waals surface area contributed by atoms with Crippen LogP contribution in [0, 0.1) is 0 Å². The average Bonchev–Trinajstić information content (AvgIpc) is 2.38. The van der Waals surface area contributed by atoms with Gasteiger partial charge in [0.1, 0.15) is 12.4 Å². The number of esters is 1. The molecular formula is C12H13N3O2. The molecule has 0 bridgehead atoms. The summed E-state index contributed by atoms with van der Waals surface area (Å²) in [6.07, 6.45) is 1.64. The van der Waals surface area contributed by atoms with Crippen molar-refractivity contribution in [3.63, 3.8) is 0 Å². The summed E-state index contributed by atoms with van der Waals surface area (Å²) < 4.78 is 4.60. The van der Waals surface area contributed by atoms with Crippen molar-refractivity contribution in [2.24, 2.45) is 0 Å². The van der Waals surface area contributed by atoms with E-state index >= 15 is 0 Å². The number of methoxy groups -OCH3 is 1. The summed E-state index contributed by atoms with van der Waals surface area (Å²) in [5, 5.41) is 0. The van der Waals surface area contributed by atoms with Crippen LogP contribution in [0.4, 0.5) is 5.82 Å². The molecule has 88 valence electrons. The van der Waals surface area contributed by atoms with Crippen molar-refractivity contribution in [1.29, 1.82) is 0 Å². The number of para-hydroxylation sites is 2. The minimum atomic E-state index is -0.303. The zero-order valence-electron chi connectivity index (χ0n) is 9.75. The Hall–Kier alpha value is -2.17. The SMILES string of the molecule is COC(=O)CN(C)c1cnc2ccccc2n1. The third-order valence-corrected chi connectivity index (χ3v) is 2.42. The number of fused-ring (bicyclic) bond motifs is 1. The summed E-state index contributed by atoms with van der Waals surface area (Å²) in [5.74, 6) is 0.344. The maximum atomic E-state index is 11.1. The Morgan fingerprint density at radius 2 is 2.06 bits per heavy atom. The van der Waals surface area contributed by atoms with Crippen LogP contribution < -0.4 is 4.90 Å². The van der Waals surface area contributed by atoms with Crippen LogP contribution in [0.3, 0.4) is 0 Å². The summed E-state index contributed by atoms with van der Waals surface area (Å²) in [6.45, 7) is 0.156.